The highest BCUT2D eigenvalue weighted by Gasteiger charge is 2.09. The van der Waals surface area contributed by atoms with Crippen LogP contribution in [0.4, 0.5) is 10.8 Å². The van der Waals surface area contributed by atoms with Gasteiger partial charge in [-0.3, -0.25) is 0 Å². The maximum atomic E-state index is 11.2. The minimum Gasteiger partial charge on any atom is -0.332 e. The standard InChI is InChI=1S/C14H11ClN4O2S3/c15-10-2-1-3-11-12(10)18-14(23-11)19-13(22)17-8-4-6-9(7-5-8)24(16,20)21/h1-7H,(H2,16,20,21)(H2,17,18,19,22). The Morgan fingerprint density at radius 3 is 2.50 bits per heavy atom. The van der Waals surface area contributed by atoms with Gasteiger partial charge in [-0.05, 0) is 48.6 Å². The molecule has 2 aromatic carbocycles. The van der Waals surface area contributed by atoms with Crippen molar-refractivity contribution in [2.24, 2.45) is 5.14 Å². The van der Waals surface area contributed by atoms with E-state index < -0.39 is 10.0 Å². The van der Waals surface area contributed by atoms with Gasteiger partial charge in [0.25, 0.3) is 0 Å². The first-order valence-electron chi connectivity index (χ1n) is 6.59. The zero-order valence-corrected chi connectivity index (χ0v) is 15.2. The first-order chi connectivity index (χ1) is 11.3. The number of thiocarbonyl (C=S) groups is 1. The normalized spacial score (nSPS) is 11.4. The van der Waals surface area contributed by atoms with Crippen LogP contribution >= 0.6 is 35.2 Å². The second-order valence-electron chi connectivity index (χ2n) is 4.75. The van der Waals surface area contributed by atoms with Crippen molar-refractivity contribution < 1.29 is 8.42 Å². The van der Waals surface area contributed by atoms with Crippen molar-refractivity contribution in [3.8, 4) is 0 Å². The molecule has 0 unspecified atom stereocenters. The first-order valence-corrected chi connectivity index (χ1v) is 9.74. The zero-order chi connectivity index (χ0) is 17.3. The fourth-order valence-electron chi connectivity index (χ4n) is 1.96. The molecule has 0 amide bonds. The average molecular weight is 399 g/mol. The number of aromatic nitrogens is 1. The lowest BCUT2D eigenvalue weighted by Gasteiger charge is -2.08. The van der Waals surface area contributed by atoms with Crippen LogP contribution in [0.5, 0.6) is 0 Å². The van der Waals surface area contributed by atoms with Gasteiger partial charge in [-0.1, -0.05) is 29.0 Å². The van der Waals surface area contributed by atoms with Crippen LogP contribution in [-0.2, 0) is 10.0 Å². The van der Waals surface area contributed by atoms with E-state index in [4.69, 9.17) is 29.0 Å². The Morgan fingerprint density at radius 1 is 1.17 bits per heavy atom. The van der Waals surface area contributed by atoms with Gasteiger partial charge in [0, 0.05) is 5.69 Å². The molecular weight excluding hydrogens is 388 g/mol. The lowest BCUT2D eigenvalue weighted by Crippen LogP contribution is -2.19. The maximum absolute atomic E-state index is 11.2. The predicted octanol–water partition coefficient (Wildman–Crippen LogP) is 3.41. The minimum atomic E-state index is -3.71. The molecule has 0 radical (unpaired) electrons. The number of sulfonamides is 1. The summed E-state index contributed by atoms with van der Waals surface area (Å²) in [5.74, 6) is 0. The van der Waals surface area contributed by atoms with E-state index in [1.54, 1.807) is 18.2 Å². The van der Waals surface area contributed by atoms with Crippen molar-refractivity contribution in [2.75, 3.05) is 10.6 Å². The Balaban J connectivity index is 1.71. The van der Waals surface area contributed by atoms with E-state index in [1.807, 2.05) is 12.1 Å². The summed E-state index contributed by atoms with van der Waals surface area (Å²) in [5, 5.41) is 12.5. The Kier molecular flexibility index (Phi) is 4.70. The van der Waals surface area contributed by atoms with Gasteiger partial charge in [0.15, 0.2) is 10.2 Å². The van der Waals surface area contributed by atoms with Crippen molar-refractivity contribution in [1.82, 2.24) is 4.98 Å². The molecule has 3 aromatic rings. The van der Waals surface area contributed by atoms with E-state index in [9.17, 15) is 8.42 Å². The topological polar surface area (TPSA) is 97.1 Å². The molecule has 0 aliphatic rings. The summed E-state index contributed by atoms with van der Waals surface area (Å²) < 4.78 is 23.4. The molecule has 4 N–H and O–H groups in total. The maximum Gasteiger partial charge on any atom is 0.238 e. The number of nitrogens with zero attached hydrogens (tertiary/aromatic N) is 1. The van der Waals surface area contributed by atoms with Gasteiger partial charge in [-0.15, -0.1) is 0 Å². The molecule has 0 fully saturated rings. The van der Waals surface area contributed by atoms with Crippen LogP contribution in [0.25, 0.3) is 10.2 Å². The summed E-state index contributed by atoms with van der Waals surface area (Å²) in [6.07, 6.45) is 0. The molecule has 0 saturated carbocycles. The van der Waals surface area contributed by atoms with Gasteiger partial charge in [0.05, 0.1) is 14.6 Å². The van der Waals surface area contributed by atoms with Crippen molar-refractivity contribution in [1.29, 1.82) is 0 Å². The fraction of sp³-hybridized carbons (Fsp3) is 0. The smallest absolute Gasteiger partial charge is 0.238 e. The molecule has 0 aliphatic heterocycles. The van der Waals surface area contributed by atoms with E-state index in [-0.39, 0.29) is 4.90 Å². The largest absolute Gasteiger partial charge is 0.332 e. The van der Waals surface area contributed by atoms with Gasteiger partial charge >= 0.3 is 0 Å². The number of anilines is 2. The number of thiazole rings is 1. The van der Waals surface area contributed by atoms with Crippen LogP contribution in [0, 0.1) is 0 Å². The van der Waals surface area contributed by atoms with E-state index in [1.165, 1.54) is 23.5 Å². The average Bonchev–Trinajstić information content (AvgIpc) is 2.90. The van der Waals surface area contributed by atoms with E-state index in [0.29, 0.717) is 26.5 Å². The zero-order valence-electron chi connectivity index (χ0n) is 12.0. The van der Waals surface area contributed by atoms with E-state index >= 15 is 0 Å². The summed E-state index contributed by atoms with van der Waals surface area (Å²) >= 11 is 12.8. The molecule has 10 heteroatoms. The van der Waals surface area contributed by atoms with Crippen molar-refractivity contribution in [2.45, 2.75) is 4.90 Å². The Labute approximate surface area is 152 Å². The highest BCUT2D eigenvalue weighted by atomic mass is 35.5. The summed E-state index contributed by atoms with van der Waals surface area (Å²) in [4.78, 5) is 4.43. The molecule has 6 nitrogen and oxygen atoms in total. The third-order valence-electron chi connectivity index (χ3n) is 3.03. The highest BCUT2D eigenvalue weighted by molar-refractivity contribution is 7.89. The third kappa shape index (κ3) is 3.82. The van der Waals surface area contributed by atoms with Crippen LogP contribution in [0.3, 0.4) is 0 Å². The second-order valence-corrected chi connectivity index (χ2v) is 8.16. The van der Waals surface area contributed by atoms with Crippen LogP contribution in [0.1, 0.15) is 0 Å². The van der Waals surface area contributed by atoms with Crippen LogP contribution in [0.2, 0.25) is 5.02 Å². The number of rotatable bonds is 3. The number of hydrogen-bond donors (Lipinski definition) is 3. The number of primary sulfonamides is 1. The lowest BCUT2D eigenvalue weighted by atomic mass is 10.3. The number of nitrogens with two attached hydrogens (primary N) is 1. The predicted molar refractivity (Wildman–Crippen MR) is 102 cm³/mol. The molecule has 1 heterocycles. The summed E-state index contributed by atoms with van der Waals surface area (Å²) in [6, 6.07) is 11.5. The molecule has 3 rings (SSSR count). The van der Waals surface area contributed by atoms with Gasteiger partial charge < -0.3 is 10.6 Å². The molecule has 0 saturated heterocycles. The highest BCUT2D eigenvalue weighted by Crippen LogP contribution is 2.30. The number of hydrogen-bond acceptors (Lipinski definition) is 5. The molecule has 0 spiro atoms. The quantitative estimate of drug-likeness (QED) is 0.585. The Morgan fingerprint density at radius 2 is 1.88 bits per heavy atom. The number of benzene rings is 2. The summed E-state index contributed by atoms with van der Waals surface area (Å²) in [7, 11) is -3.71. The molecule has 124 valence electrons. The van der Waals surface area contributed by atoms with Crippen molar-refractivity contribution in [3.63, 3.8) is 0 Å². The van der Waals surface area contributed by atoms with Gasteiger partial charge in [-0.25, -0.2) is 18.5 Å². The molecular formula is C14H11ClN4O2S3. The Hall–Kier alpha value is -1.78. The second kappa shape index (κ2) is 6.61. The van der Waals surface area contributed by atoms with Crippen molar-refractivity contribution in [3.05, 3.63) is 47.5 Å². The summed E-state index contributed by atoms with van der Waals surface area (Å²) in [6.45, 7) is 0. The van der Waals surface area contributed by atoms with Crippen LogP contribution < -0.4 is 15.8 Å². The molecule has 0 atom stereocenters. The summed E-state index contributed by atoms with van der Waals surface area (Å²) in [5.41, 5.74) is 1.34. The molecule has 24 heavy (non-hydrogen) atoms. The number of para-hydroxylation sites is 1. The first kappa shape index (κ1) is 17.1. The minimum absolute atomic E-state index is 0.0349. The number of halogens is 1. The van der Waals surface area contributed by atoms with Crippen molar-refractivity contribution >= 4 is 71.3 Å². The van der Waals surface area contributed by atoms with Gasteiger partial charge in [-0.2, -0.15) is 0 Å². The number of fused-ring (bicyclic) bond motifs is 1. The molecule has 0 bridgehead atoms. The van der Waals surface area contributed by atoms with E-state index in [2.05, 4.69) is 15.6 Å². The van der Waals surface area contributed by atoms with Gasteiger partial charge in [0.2, 0.25) is 10.0 Å². The van der Waals surface area contributed by atoms with E-state index in [0.717, 1.165) is 4.70 Å². The van der Waals surface area contributed by atoms with Crippen LogP contribution in [0.15, 0.2) is 47.4 Å². The fourth-order valence-corrected chi connectivity index (χ4v) is 3.92. The van der Waals surface area contributed by atoms with Gasteiger partial charge in [0.1, 0.15) is 5.52 Å². The Bertz CT molecular complexity index is 1020. The molecule has 0 aliphatic carbocycles. The SMILES string of the molecule is NS(=O)(=O)c1ccc(NC(=S)Nc2nc3c(Cl)cccc3s2)cc1. The third-order valence-corrected chi connectivity index (χ3v) is 5.41. The molecule has 1 aromatic heterocycles. The lowest BCUT2D eigenvalue weighted by molar-refractivity contribution is 0.598. The van der Waals surface area contributed by atoms with Crippen LogP contribution in [-0.4, -0.2) is 18.5 Å². The number of nitrogens with one attached hydrogen (secondary N) is 2. The monoisotopic (exact) mass is 398 g/mol.